The lowest BCUT2D eigenvalue weighted by atomic mass is 9.87. The van der Waals surface area contributed by atoms with Gasteiger partial charge in [0.2, 0.25) is 5.91 Å². The average molecular weight is 501 g/mol. The van der Waals surface area contributed by atoms with Crippen molar-refractivity contribution in [2.45, 2.75) is 59.4 Å². The van der Waals surface area contributed by atoms with Crippen LogP contribution in [0.4, 0.5) is 0 Å². The first-order chi connectivity index (χ1) is 15.1. The number of allylic oxidation sites excluding steroid dienone is 5. The number of carbonyl (C=O) groups excluding carboxylic acids is 1. The Balaban J connectivity index is 1.95. The Hall–Kier alpha value is -2.60. The zero-order valence-corrected chi connectivity index (χ0v) is 20.8. The Bertz CT molecular complexity index is 1030. The van der Waals surface area contributed by atoms with E-state index in [9.17, 15) is 14.7 Å². The van der Waals surface area contributed by atoms with Gasteiger partial charge >= 0.3 is 5.97 Å². The van der Waals surface area contributed by atoms with Crippen molar-refractivity contribution in [1.29, 1.82) is 0 Å². The monoisotopic (exact) mass is 500 g/mol. The predicted octanol–water partition coefficient (Wildman–Crippen LogP) is 6.28. The smallest absolute Gasteiger partial charge is 0.326 e. The highest BCUT2D eigenvalue weighted by atomic mass is 79.9. The topological polar surface area (TPSA) is 82.2 Å². The van der Waals surface area contributed by atoms with E-state index in [0.717, 1.165) is 40.2 Å². The summed E-state index contributed by atoms with van der Waals surface area (Å²) >= 11 is 3.44. The average Bonchev–Trinajstić information content (AvgIpc) is 3.13. The minimum Gasteiger partial charge on any atom is -0.480 e. The molecule has 3 N–H and O–H groups in total. The molecule has 0 saturated heterocycles. The normalized spacial score (nSPS) is 14.2. The van der Waals surface area contributed by atoms with E-state index < -0.39 is 17.9 Å². The minimum atomic E-state index is -1.05. The van der Waals surface area contributed by atoms with Crippen molar-refractivity contribution in [2.24, 2.45) is 5.41 Å². The molecule has 5 nitrogen and oxygen atoms in total. The molecular formula is C26H33BrN2O3. The molecule has 0 radical (unpaired) electrons. The molecule has 172 valence electrons. The number of H-pyrrole nitrogens is 1. The summed E-state index contributed by atoms with van der Waals surface area (Å²) in [6, 6.07) is 6.71. The van der Waals surface area contributed by atoms with Crippen LogP contribution < -0.4 is 5.32 Å². The van der Waals surface area contributed by atoms with E-state index in [1.54, 1.807) is 6.20 Å². The molecule has 32 heavy (non-hydrogen) atoms. The molecule has 2 aromatic rings. The molecule has 0 bridgehead atoms. The highest BCUT2D eigenvalue weighted by Gasteiger charge is 2.21. The van der Waals surface area contributed by atoms with Crippen molar-refractivity contribution in [3.63, 3.8) is 0 Å². The van der Waals surface area contributed by atoms with Gasteiger partial charge in [-0.2, -0.15) is 0 Å². The molecule has 0 aliphatic carbocycles. The fraction of sp³-hybridized carbons (Fsp3) is 0.385. The number of hydrogen-bond donors (Lipinski definition) is 3. The van der Waals surface area contributed by atoms with Gasteiger partial charge in [0.15, 0.2) is 0 Å². The van der Waals surface area contributed by atoms with Gasteiger partial charge in [-0.1, -0.05) is 71.8 Å². The van der Waals surface area contributed by atoms with Gasteiger partial charge in [0.05, 0.1) is 0 Å². The van der Waals surface area contributed by atoms with Gasteiger partial charge in [0, 0.05) is 23.5 Å². The van der Waals surface area contributed by atoms with Crippen molar-refractivity contribution in [3.8, 4) is 0 Å². The lowest BCUT2D eigenvalue weighted by Gasteiger charge is -2.19. The molecule has 1 unspecified atom stereocenters. The van der Waals surface area contributed by atoms with Crippen LogP contribution in [0.2, 0.25) is 0 Å². The standard InChI is InChI=1S/C26H33BrN2O3/c1-18(8-7-9-19(2)27)12-14-26(3,4)15-13-24(30)29-23(25(31)32)16-20-17-28-22-11-6-5-10-21(20)22/h5-6,9-13,15,17,23,28H,7-8,14,16H2,1-4H3,(H,29,30)(H,31,32)/b15-13+,18-12+,19-9+. The second-order valence-corrected chi connectivity index (χ2v) is 10.1. The summed E-state index contributed by atoms with van der Waals surface area (Å²) in [6.45, 7) is 8.26. The third-order valence-electron chi connectivity index (χ3n) is 5.34. The van der Waals surface area contributed by atoms with Crippen molar-refractivity contribution >= 4 is 38.7 Å². The van der Waals surface area contributed by atoms with Crippen molar-refractivity contribution in [1.82, 2.24) is 10.3 Å². The molecule has 1 aromatic carbocycles. The number of amides is 1. The Labute approximate surface area is 198 Å². The van der Waals surface area contributed by atoms with Crippen LogP contribution in [-0.2, 0) is 16.0 Å². The lowest BCUT2D eigenvalue weighted by molar-refractivity contribution is -0.141. The highest BCUT2D eigenvalue weighted by molar-refractivity contribution is 9.11. The molecule has 0 aliphatic rings. The van der Waals surface area contributed by atoms with Gasteiger partial charge in [0.1, 0.15) is 6.04 Å². The number of aromatic amines is 1. The number of halogens is 1. The maximum absolute atomic E-state index is 12.4. The lowest BCUT2D eigenvalue weighted by Crippen LogP contribution is -2.41. The zero-order valence-electron chi connectivity index (χ0n) is 19.2. The molecular weight excluding hydrogens is 468 g/mol. The van der Waals surface area contributed by atoms with E-state index in [1.165, 1.54) is 11.6 Å². The minimum absolute atomic E-state index is 0.213. The van der Waals surface area contributed by atoms with Crippen LogP contribution in [0.5, 0.6) is 0 Å². The van der Waals surface area contributed by atoms with Gasteiger partial charge < -0.3 is 15.4 Å². The molecule has 1 aromatic heterocycles. The van der Waals surface area contributed by atoms with Gasteiger partial charge in [-0.05, 0) is 60.7 Å². The van der Waals surface area contributed by atoms with Crippen LogP contribution in [0.3, 0.4) is 0 Å². The largest absolute Gasteiger partial charge is 0.480 e. The molecule has 1 heterocycles. The van der Waals surface area contributed by atoms with E-state index in [1.807, 2.05) is 37.3 Å². The summed E-state index contributed by atoms with van der Waals surface area (Å²) in [5.41, 5.74) is 2.91. The molecule has 0 saturated carbocycles. The van der Waals surface area contributed by atoms with Crippen LogP contribution in [-0.4, -0.2) is 28.0 Å². The molecule has 6 heteroatoms. The fourth-order valence-electron chi connectivity index (χ4n) is 3.35. The number of nitrogens with one attached hydrogen (secondary N) is 2. The predicted molar refractivity (Wildman–Crippen MR) is 135 cm³/mol. The zero-order chi connectivity index (χ0) is 23.7. The number of aromatic nitrogens is 1. The number of fused-ring (bicyclic) bond motifs is 1. The van der Waals surface area contributed by atoms with Crippen molar-refractivity contribution in [3.05, 3.63) is 70.4 Å². The molecule has 0 spiro atoms. The number of carbonyl (C=O) groups is 2. The van der Waals surface area contributed by atoms with Crippen LogP contribution >= 0.6 is 15.9 Å². The van der Waals surface area contributed by atoms with Gasteiger partial charge in [-0.3, -0.25) is 4.79 Å². The number of carboxylic acid groups (broad SMARTS) is 1. The van der Waals surface area contributed by atoms with Gasteiger partial charge in [0.25, 0.3) is 0 Å². The van der Waals surface area contributed by atoms with Crippen molar-refractivity contribution in [2.75, 3.05) is 0 Å². The Kier molecular flexibility index (Phi) is 9.51. The number of rotatable bonds is 11. The maximum atomic E-state index is 12.4. The Morgan fingerprint density at radius 3 is 2.62 bits per heavy atom. The van der Waals surface area contributed by atoms with E-state index in [4.69, 9.17) is 0 Å². The molecule has 1 amide bonds. The molecule has 2 rings (SSSR count). The van der Waals surface area contributed by atoms with Crippen molar-refractivity contribution < 1.29 is 14.7 Å². The Morgan fingerprint density at radius 1 is 1.22 bits per heavy atom. The second-order valence-electron chi connectivity index (χ2n) is 8.87. The number of benzene rings is 1. The summed E-state index contributed by atoms with van der Waals surface area (Å²) in [4.78, 5) is 27.3. The van der Waals surface area contributed by atoms with E-state index >= 15 is 0 Å². The first kappa shape index (κ1) is 25.7. The summed E-state index contributed by atoms with van der Waals surface area (Å²) in [5.74, 6) is -1.45. The van der Waals surface area contributed by atoms with Crippen LogP contribution in [0, 0.1) is 5.41 Å². The Morgan fingerprint density at radius 2 is 1.94 bits per heavy atom. The first-order valence-electron chi connectivity index (χ1n) is 10.8. The maximum Gasteiger partial charge on any atom is 0.326 e. The summed E-state index contributed by atoms with van der Waals surface area (Å²) < 4.78 is 1.14. The van der Waals surface area contributed by atoms with Gasteiger partial charge in [-0.25, -0.2) is 4.79 Å². The second kappa shape index (κ2) is 11.9. The molecule has 1 atom stereocenters. The summed E-state index contributed by atoms with van der Waals surface area (Å²) in [6.07, 6.45) is 12.5. The fourth-order valence-corrected chi connectivity index (χ4v) is 3.58. The van der Waals surface area contributed by atoms with Gasteiger partial charge in [-0.15, -0.1) is 0 Å². The third kappa shape index (κ3) is 8.50. The first-order valence-corrected chi connectivity index (χ1v) is 11.6. The quantitative estimate of drug-likeness (QED) is 0.251. The highest BCUT2D eigenvalue weighted by Crippen LogP contribution is 2.24. The van der Waals surface area contributed by atoms with E-state index in [0.29, 0.717) is 0 Å². The number of para-hydroxylation sites is 1. The SMILES string of the molecule is C/C(Br)=C\CC/C(C)=C/CC(C)(C)/C=C/C(=O)NC(Cc1c[nH]c2ccccc12)C(=O)O. The number of aliphatic carboxylic acids is 1. The van der Waals surface area contributed by atoms with Crippen LogP contribution in [0.25, 0.3) is 10.9 Å². The van der Waals surface area contributed by atoms with Crippen LogP contribution in [0.1, 0.15) is 52.5 Å². The van der Waals surface area contributed by atoms with E-state index in [-0.39, 0.29) is 11.8 Å². The molecule has 0 fully saturated rings. The third-order valence-corrected chi connectivity index (χ3v) is 5.66. The summed E-state index contributed by atoms with van der Waals surface area (Å²) in [5, 5.41) is 13.2. The molecule has 0 aliphatic heterocycles. The van der Waals surface area contributed by atoms with Crippen LogP contribution in [0.15, 0.2) is 64.8 Å². The van der Waals surface area contributed by atoms with E-state index in [2.05, 4.69) is 59.2 Å². The summed E-state index contributed by atoms with van der Waals surface area (Å²) in [7, 11) is 0. The number of carboxylic acids is 1. The number of hydrogen-bond acceptors (Lipinski definition) is 2.